The van der Waals surface area contributed by atoms with Crippen molar-refractivity contribution in [1.82, 2.24) is 15.1 Å². The van der Waals surface area contributed by atoms with Crippen LogP contribution in [0.15, 0.2) is 52.0 Å². The molecule has 2 amide bonds. The maximum Gasteiger partial charge on any atom is 0.266 e. The third-order valence-corrected chi connectivity index (χ3v) is 6.40. The van der Waals surface area contributed by atoms with Crippen molar-refractivity contribution in [2.45, 2.75) is 25.8 Å². The monoisotopic (exact) mass is 457 g/mol. The molecule has 6 nitrogen and oxygen atoms in total. The van der Waals surface area contributed by atoms with E-state index in [2.05, 4.69) is 5.32 Å². The Morgan fingerprint density at radius 2 is 2.03 bits per heavy atom. The Hall–Kier alpha value is -2.42. The van der Waals surface area contributed by atoms with Gasteiger partial charge in [0.2, 0.25) is 5.91 Å². The number of benzene rings is 1. The fourth-order valence-corrected chi connectivity index (χ4v) is 4.53. The van der Waals surface area contributed by atoms with Crippen molar-refractivity contribution in [3.63, 3.8) is 0 Å². The van der Waals surface area contributed by atoms with Crippen LogP contribution in [-0.4, -0.2) is 53.1 Å². The number of furan rings is 1. The van der Waals surface area contributed by atoms with Gasteiger partial charge < -0.3 is 9.73 Å². The first-order valence-electron chi connectivity index (χ1n) is 10.1. The van der Waals surface area contributed by atoms with Crippen LogP contribution in [0.25, 0.3) is 6.08 Å². The number of thioether (sulfide) groups is 1. The van der Waals surface area contributed by atoms with Gasteiger partial charge >= 0.3 is 0 Å². The third-order valence-electron chi connectivity index (χ3n) is 5.02. The van der Waals surface area contributed by atoms with E-state index in [1.54, 1.807) is 11.2 Å². The summed E-state index contributed by atoms with van der Waals surface area (Å²) in [4.78, 5) is 29.2. The van der Waals surface area contributed by atoms with Gasteiger partial charge in [0.15, 0.2) is 0 Å². The van der Waals surface area contributed by atoms with Crippen molar-refractivity contribution in [2.75, 3.05) is 27.2 Å². The summed E-state index contributed by atoms with van der Waals surface area (Å²) < 4.78 is 6.00. The number of hydrogen-bond donors (Lipinski definition) is 1. The number of nitrogens with zero attached hydrogens (tertiary/aromatic N) is 2. The van der Waals surface area contributed by atoms with Gasteiger partial charge in [-0.2, -0.15) is 0 Å². The molecule has 1 fully saturated rings. The second-order valence-electron chi connectivity index (χ2n) is 7.65. The molecule has 2 aromatic rings. The summed E-state index contributed by atoms with van der Waals surface area (Å²) in [5.41, 5.74) is 2.14. The molecule has 0 saturated carbocycles. The number of amides is 2. The highest BCUT2D eigenvalue weighted by Gasteiger charge is 2.31. The van der Waals surface area contributed by atoms with E-state index < -0.39 is 0 Å². The lowest BCUT2D eigenvalue weighted by Crippen LogP contribution is -2.35. The lowest BCUT2D eigenvalue weighted by atomic mass is 10.1. The summed E-state index contributed by atoms with van der Waals surface area (Å²) in [7, 11) is 3.89. The SMILES string of the molecule is Cc1ccc(/C=C2\SC(=S)N(CCCC(=O)NCC(c3ccco3)N(C)C)C2=O)cc1. The zero-order chi connectivity index (χ0) is 22.4. The van der Waals surface area contributed by atoms with Gasteiger partial charge in [0.1, 0.15) is 10.1 Å². The minimum Gasteiger partial charge on any atom is -0.468 e. The Bertz CT molecular complexity index is 953. The van der Waals surface area contributed by atoms with Crippen molar-refractivity contribution < 1.29 is 14.0 Å². The molecular weight excluding hydrogens is 430 g/mol. The Morgan fingerprint density at radius 3 is 2.68 bits per heavy atom. The normalized spacial score (nSPS) is 16.4. The second-order valence-corrected chi connectivity index (χ2v) is 9.32. The smallest absolute Gasteiger partial charge is 0.266 e. The van der Waals surface area contributed by atoms with Crippen molar-refractivity contribution in [2.24, 2.45) is 0 Å². The summed E-state index contributed by atoms with van der Waals surface area (Å²) >= 11 is 6.69. The molecule has 1 aromatic heterocycles. The predicted molar refractivity (Wildman–Crippen MR) is 128 cm³/mol. The largest absolute Gasteiger partial charge is 0.468 e. The summed E-state index contributed by atoms with van der Waals surface area (Å²) in [5.74, 6) is 0.656. The Kier molecular flexibility index (Phi) is 8.06. The Balaban J connectivity index is 1.47. The molecule has 8 heteroatoms. The summed E-state index contributed by atoms with van der Waals surface area (Å²) in [6.45, 7) is 2.91. The molecule has 1 atom stereocenters. The van der Waals surface area contributed by atoms with Crippen LogP contribution in [0, 0.1) is 6.92 Å². The number of nitrogens with one attached hydrogen (secondary N) is 1. The zero-order valence-electron chi connectivity index (χ0n) is 18.0. The predicted octanol–water partition coefficient (Wildman–Crippen LogP) is 3.99. The molecule has 1 aromatic carbocycles. The highest BCUT2D eigenvalue weighted by atomic mass is 32.2. The van der Waals surface area contributed by atoms with E-state index in [0.29, 0.717) is 35.2 Å². The number of thiocarbonyl (C=S) groups is 1. The van der Waals surface area contributed by atoms with Crippen LogP contribution in [-0.2, 0) is 9.59 Å². The van der Waals surface area contributed by atoms with Crippen molar-refractivity contribution in [3.8, 4) is 0 Å². The number of likely N-dealkylation sites (N-methyl/N-ethyl adjacent to an activating group) is 1. The molecule has 1 aliphatic heterocycles. The average Bonchev–Trinajstić information content (AvgIpc) is 3.34. The molecule has 31 heavy (non-hydrogen) atoms. The lowest BCUT2D eigenvalue weighted by Gasteiger charge is -2.22. The molecule has 0 aliphatic carbocycles. The molecule has 164 valence electrons. The molecular formula is C23H27N3O3S2. The van der Waals surface area contributed by atoms with Crippen LogP contribution in [0.3, 0.4) is 0 Å². The van der Waals surface area contributed by atoms with E-state index in [-0.39, 0.29) is 17.9 Å². The van der Waals surface area contributed by atoms with E-state index in [0.717, 1.165) is 11.3 Å². The first kappa shape index (κ1) is 23.2. The van der Waals surface area contributed by atoms with E-state index in [1.165, 1.54) is 17.3 Å². The Morgan fingerprint density at radius 1 is 1.29 bits per heavy atom. The zero-order valence-corrected chi connectivity index (χ0v) is 19.6. The molecule has 1 aliphatic rings. The van der Waals surface area contributed by atoms with Crippen LogP contribution in [0.1, 0.15) is 35.8 Å². The van der Waals surface area contributed by atoms with Crippen LogP contribution in [0.2, 0.25) is 0 Å². The average molecular weight is 458 g/mol. The van der Waals surface area contributed by atoms with Gasteiger partial charge in [-0.1, -0.05) is 53.8 Å². The van der Waals surface area contributed by atoms with E-state index in [4.69, 9.17) is 16.6 Å². The van der Waals surface area contributed by atoms with Crippen LogP contribution in [0.5, 0.6) is 0 Å². The van der Waals surface area contributed by atoms with Crippen molar-refractivity contribution >= 4 is 46.2 Å². The highest BCUT2D eigenvalue weighted by Crippen LogP contribution is 2.32. The van der Waals surface area contributed by atoms with Gasteiger partial charge in [0.25, 0.3) is 5.91 Å². The number of carbonyl (C=O) groups is 2. The Labute approximate surface area is 192 Å². The highest BCUT2D eigenvalue weighted by molar-refractivity contribution is 8.26. The van der Waals surface area contributed by atoms with Gasteiger partial charge in [-0.15, -0.1) is 0 Å². The first-order valence-corrected chi connectivity index (χ1v) is 11.4. The first-order chi connectivity index (χ1) is 14.8. The summed E-state index contributed by atoms with van der Waals surface area (Å²) in [5, 5.41) is 2.95. The van der Waals surface area contributed by atoms with Gasteiger partial charge in [-0.25, -0.2) is 0 Å². The molecule has 3 rings (SSSR count). The molecule has 1 saturated heterocycles. The van der Waals surface area contributed by atoms with Crippen molar-refractivity contribution in [1.29, 1.82) is 0 Å². The molecule has 0 radical (unpaired) electrons. The lowest BCUT2D eigenvalue weighted by molar-refractivity contribution is -0.124. The van der Waals surface area contributed by atoms with Crippen LogP contribution in [0.4, 0.5) is 0 Å². The van der Waals surface area contributed by atoms with Crippen LogP contribution < -0.4 is 5.32 Å². The maximum absolute atomic E-state index is 12.7. The van der Waals surface area contributed by atoms with Gasteiger partial charge in [0, 0.05) is 19.5 Å². The fourth-order valence-electron chi connectivity index (χ4n) is 3.22. The third kappa shape index (κ3) is 6.29. The molecule has 1 N–H and O–H groups in total. The van der Waals surface area contributed by atoms with E-state index in [9.17, 15) is 9.59 Å². The minimum absolute atomic E-state index is 0.0300. The fraction of sp³-hybridized carbons (Fsp3) is 0.348. The number of hydrogen-bond acceptors (Lipinski definition) is 6. The van der Waals surface area contributed by atoms with Gasteiger partial charge in [-0.05, 0) is 51.2 Å². The van der Waals surface area contributed by atoms with E-state index in [1.807, 2.05) is 68.4 Å². The summed E-state index contributed by atoms with van der Waals surface area (Å²) in [6.07, 6.45) is 4.36. The van der Waals surface area contributed by atoms with Gasteiger partial charge in [0.05, 0.1) is 17.2 Å². The van der Waals surface area contributed by atoms with E-state index >= 15 is 0 Å². The van der Waals surface area contributed by atoms with Crippen LogP contribution >= 0.6 is 24.0 Å². The summed E-state index contributed by atoms with van der Waals surface area (Å²) in [6, 6.07) is 11.7. The number of rotatable bonds is 9. The van der Waals surface area contributed by atoms with Gasteiger partial charge in [-0.3, -0.25) is 19.4 Å². The molecule has 2 heterocycles. The quantitative estimate of drug-likeness (QED) is 0.454. The standard InChI is InChI=1S/C23H27N3O3S2/c1-16-8-10-17(11-9-16)14-20-22(28)26(23(30)31-20)12-4-7-21(27)24-15-18(25(2)3)19-6-5-13-29-19/h5-6,8-11,13-14,18H,4,7,12,15H2,1-3H3,(H,24,27)/b20-14-. The minimum atomic E-state index is -0.0959. The molecule has 1 unspecified atom stereocenters. The molecule has 0 spiro atoms. The number of aryl methyl sites for hydroxylation is 1. The van der Waals surface area contributed by atoms with Crippen molar-refractivity contribution in [3.05, 3.63) is 64.5 Å². The second kappa shape index (κ2) is 10.7. The molecule has 0 bridgehead atoms. The maximum atomic E-state index is 12.7. The number of carbonyl (C=O) groups excluding carboxylic acids is 2. The topological polar surface area (TPSA) is 65.8 Å².